The van der Waals surface area contributed by atoms with Gasteiger partial charge in [-0.25, -0.2) is 9.18 Å². The molecule has 4 rings (SSSR count). The van der Waals surface area contributed by atoms with Crippen molar-refractivity contribution in [3.05, 3.63) is 77.7 Å². The maximum atomic E-state index is 13.1. The second-order valence-electron chi connectivity index (χ2n) is 8.56. The number of amides is 1. The van der Waals surface area contributed by atoms with Crippen molar-refractivity contribution in [2.75, 3.05) is 32.3 Å². The zero-order valence-corrected chi connectivity index (χ0v) is 21.7. The molecule has 198 valence electrons. The minimum Gasteiger partial charge on any atom is -0.494 e. The molecule has 8 nitrogen and oxygen atoms in total. The van der Waals surface area contributed by atoms with E-state index < -0.39 is 6.09 Å². The summed E-state index contributed by atoms with van der Waals surface area (Å²) in [4.78, 5) is 17.8. The molecule has 38 heavy (non-hydrogen) atoms. The fourth-order valence-electron chi connectivity index (χ4n) is 4.10. The van der Waals surface area contributed by atoms with Crippen molar-refractivity contribution in [1.82, 2.24) is 4.98 Å². The summed E-state index contributed by atoms with van der Waals surface area (Å²) in [6, 6.07) is 14.6. The van der Waals surface area contributed by atoms with Crippen molar-refractivity contribution in [2.24, 2.45) is 0 Å². The number of carbonyl (C=O) groups is 1. The number of methoxy groups -OCH3 is 2. The number of anilines is 1. The number of benzene rings is 3. The van der Waals surface area contributed by atoms with E-state index in [4.69, 9.17) is 18.9 Å². The molecule has 0 fully saturated rings. The molecule has 0 atom stereocenters. The minimum atomic E-state index is -1.07. The van der Waals surface area contributed by atoms with Gasteiger partial charge in [0.15, 0.2) is 11.5 Å². The lowest BCUT2D eigenvalue weighted by Gasteiger charge is -2.23. The van der Waals surface area contributed by atoms with Crippen molar-refractivity contribution in [3.63, 3.8) is 0 Å². The number of halogens is 1. The number of hydrogen-bond acceptors (Lipinski definition) is 6. The monoisotopic (exact) mass is 520 g/mol. The lowest BCUT2D eigenvalue weighted by Crippen LogP contribution is -2.31. The summed E-state index contributed by atoms with van der Waals surface area (Å²) >= 11 is 0. The Bertz CT molecular complexity index is 1440. The van der Waals surface area contributed by atoms with E-state index in [9.17, 15) is 14.3 Å². The Hall–Kier alpha value is -4.53. The van der Waals surface area contributed by atoms with Crippen LogP contribution in [0.2, 0.25) is 0 Å². The number of ether oxygens (including phenoxy) is 4. The molecule has 4 aromatic rings. The average Bonchev–Trinajstić information content (AvgIpc) is 2.92. The van der Waals surface area contributed by atoms with E-state index in [1.165, 1.54) is 29.2 Å². The van der Waals surface area contributed by atoms with Crippen LogP contribution in [-0.4, -0.2) is 43.6 Å². The summed E-state index contributed by atoms with van der Waals surface area (Å²) in [5, 5.41) is 10.6. The molecule has 0 unspecified atom stereocenters. The summed E-state index contributed by atoms with van der Waals surface area (Å²) in [5.74, 6) is 2.49. The zero-order valence-electron chi connectivity index (χ0n) is 21.7. The van der Waals surface area contributed by atoms with Gasteiger partial charge in [0, 0.05) is 24.2 Å². The number of hydrogen-bond donors (Lipinski definition) is 1. The molecule has 0 bridgehead atoms. The number of rotatable bonds is 10. The minimum absolute atomic E-state index is 0.230. The number of nitrogens with zero attached hydrogens (tertiary/aromatic N) is 2. The van der Waals surface area contributed by atoms with Crippen LogP contribution < -0.4 is 23.8 Å². The van der Waals surface area contributed by atoms with Crippen LogP contribution in [0.15, 0.2) is 60.8 Å². The second-order valence-corrected chi connectivity index (χ2v) is 8.56. The van der Waals surface area contributed by atoms with Gasteiger partial charge >= 0.3 is 6.09 Å². The number of carboxylic acid groups (broad SMARTS) is 1. The van der Waals surface area contributed by atoms with Gasteiger partial charge in [0.25, 0.3) is 0 Å². The van der Waals surface area contributed by atoms with Gasteiger partial charge < -0.3 is 24.1 Å². The number of pyridine rings is 1. The highest BCUT2D eigenvalue weighted by Crippen LogP contribution is 2.39. The third kappa shape index (κ3) is 5.72. The fraction of sp³-hybridized carbons (Fsp3) is 0.241. The highest BCUT2D eigenvalue weighted by molar-refractivity contribution is 5.89. The van der Waals surface area contributed by atoms with E-state index in [-0.39, 0.29) is 19.0 Å². The third-order valence-electron chi connectivity index (χ3n) is 6.27. The van der Waals surface area contributed by atoms with E-state index in [1.807, 2.05) is 19.9 Å². The average molecular weight is 521 g/mol. The molecule has 1 amide bonds. The lowest BCUT2D eigenvalue weighted by atomic mass is 10.1. The fourth-order valence-corrected chi connectivity index (χ4v) is 4.10. The van der Waals surface area contributed by atoms with Crippen LogP contribution in [0.5, 0.6) is 28.7 Å². The SMILES string of the molecule is COc1cc2nccc(Oc3ccc(N(CCCOc4ccc(F)cc4)C(=O)O)c(C)c3C)c2cc1OC. The Labute approximate surface area is 220 Å². The molecule has 1 aromatic heterocycles. The molecule has 0 saturated heterocycles. The molecule has 0 aliphatic rings. The highest BCUT2D eigenvalue weighted by atomic mass is 19.1. The van der Waals surface area contributed by atoms with Crippen molar-refractivity contribution >= 4 is 22.7 Å². The molecule has 1 N–H and O–H groups in total. The predicted octanol–water partition coefficient (Wildman–Crippen LogP) is 6.75. The summed E-state index contributed by atoms with van der Waals surface area (Å²) in [6.07, 6.45) is 1.04. The Morgan fingerprint density at radius 2 is 1.63 bits per heavy atom. The van der Waals surface area contributed by atoms with E-state index in [0.717, 1.165) is 16.5 Å². The molecular weight excluding hydrogens is 491 g/mol. The Morgan fingerprint density at radius 1 is 0.921 bits per heavy atom. The van der Waals surface area contributed by atoms with Crippen LogP contribution in [-0.2, 0) is 0 Å². The molecule has 0 aliphatic heterocycles. The van der Waals surface area contributed by atoms with Gasteiger partial charge in [-0.2, -0.15) is 0 Å². The summed E-state index contributed by atoms with van der Waals surface area (Å²) in [6.45, 7) is 4.27. The Balaban J connectivity index is 1.53. The van der Waals surface area contributed by atoms with Crippen molar-refractivity contribution in [1.29, 1.82) is 0 Å². The molecular formula is C29H29FN2O6. The van der Waals surface area contributed by atoms with Gasteiger partial charge in [0.1, 0.15) is 23.1 Å². The summed E-state index contributed by atoms with van der Waals surface area (Å²) in [5.41, 5.74) is 2.84. The first-order valence-corrected chi connectivity index (χ1v) is 12.0. The van der Waals surface area contributed by atoms with Gasteiger partial charge in [0.2, 0.25) is 0 Å². The smallest absolute Gasteiger partial charge is 0.411 e. The van der Waals surface area contributed by atoms with Crippen molar-refractivity contribution in [3.8, 4) is 28.7 Å². The highest BCUT2D eigenvalue weighted by Gasteiger charge is 2.20. The Kier molecular flexibility index (Phi) is 8.15. The van der Waals surface area contributed by atoms with Crippen LogP contribution in [0.4, 0.5) is 14.9 Å². The molecule has 3 aromatic carbocycles. The second kappa shape index (κ2) is 11.7. The van der Waals surface area contributed by atoms with Crippen LogP contribution in [0, 0.1) is 19.7 Å². The third-order valence-corrected chi connectivity index (χ3v) is 6.27. The molecule has 0 spiro atoms. The van der Waals surface area contributed by atoms with Crippen LogP contribution in [0.3, 0.4) is 0 Å². The standard InChI is InChI=1S/C29H29FN2O6/c1-18-19(2)25(38-26-12-13-31-23-17-28(36-4)27(35-3)16-22(23)26)11-10-24(18)32(29(33)34)14-5-15-37-21-8-6-20(30)7-9-21/h6-13,16-17H,5,14-15H2,1-4H3,(H,33,34). The first-order chi connectivity index (χ1) is 18.3. The normalized spacial score (nSPS) is 10.8. The predicted molar refractivity (Wildman–Crippen MR) is 143 cm³/mol. The quantitative estimate of drug-likeness (QED) is 0.231. The van der Waals surface area contributed by atoms with Crippen LogP contribution >= 0.6 is 0 Å². The number of fused-ring (bicyclic) bond motifs is 1. The first kappa shape index (κ1) is 26.5. The maximum absolute atomic E-state index is 13.1. The summed E-state index contributed by atoms with van der Waals surface area (Å²) in [7, 11) is 3.13. The van der Waals surface area contributed by atoms with E-state index >= 15 is 0 Å². The number of aromatic nitrogens is 1. The maximum Gasteiger partial charge on any atom is 0.411 e. The molecule has 0 saturated carbocycles. The zero-order chi connectivity index (χ0) is 27.2. The van der Waals surface area contributed by atoms with E-state index in [0.29, 0.717) is 46.4 Å². The van der Waals surface area contributed by atoms with Gasteiger partial charge in [0.05, 0.1) is 32.0 Å². The van der Waals surface area contributed by atoms with Gasteiger partial charge in [-0.1, -0.05) is 0 Å². The van der Waals surface area contributed by atoms with E-state index in [1.54, 1.807) is 44.7 Å². The van der Waals surface area contributed by atoms with Crippen molar-refractivity contribution in [2.45, 2.75) is 20.3 Å². The van der Waals surface area contributed by atoms with Crippen molar-refractivity contribution < 1.29 is 33.2 Å². The lowest BCUT2D eigenvalue weighted by molar-refractivity contribution is 0.201. The molecule has 0 aliphatic carbocycles. The molecule has 1 heterocycles. The van der Waals surface area contributed by atoms with Gasteiger partial charge in [-0.3, -0.25) is 9.88 Å². The topological polar surface area (TPSA) is 90.4 Å². The van der Waals surface area contributed by atoms with E-state index in [2.05, 4.69) is 4.98 Å². The molecule has 0 radical (unpaired) electrons. The Morgan fingerprint density at radius 3 is 2.32 bits per heavy atom. The first-order valence-electron chi connectivity index (χ1n) is 12.0. The molecule has 9 heteroatoms. The van der Waals surface area contributed by atoms with Crippen LogP contribution in [0.1, 0.15) is 17.5 Å². The summed E-state index contributed by atoms with van der Waals surface area (Å²) < 4.78 is 35.7. The van der Waals surface area contributed by atoms with Gasteiger partial charge in [-0.05, 0) is 79.9 Å². The van der Waals surface area contributed by atoms with Crippen LogP contribution in [0.25, 0.3) is 10.9 Å². The van der Waals surface area contributed by atoms with Gasteiger partial charge in [-0.15, -0.1) is 0 Å². The largest absolute Gasteiger partial charge is 0.494 e.